The lowest BCUT2D eigenvalue weighted by Gasteiger charge is -2.36. The van der Waals surface area contributed by atoms with E-state index in [1.807, 2.05) is 30.3 Å². The molecule has 7 nitrogen and oxygen atoms in total. The Balaban J connectivity index is 1.34. The first-order valence-corrected chi connectivity index (χ1v) is 10.2. The standard InChI is InChI=1S/C23H24N6O/c1-17-6-5-9-19(14-17)28-12-10-27(11-13-28)16-21-25-22-20(23(30)26-21)15-24-29(22)18-7-3-2-4-8-18/h2-9,14-15H,10-13,16H2,1H3,(H,25,26,30). The molecule has 1 saturated heterocycles. The van der Waals surface area contributed by atoms with Crippen LogP contribution in [0, 0.1) is 6.92 Å². The van der Waals surface area contributed by atoms with Crippen LogP contribution in [-0.2, 0) is 6.54 Å². The average Bonchev–Trinajstić information content (AvgIpc) is 3.19. The maximum atomic E-state index is 12.6. The van der Waals surface area contributed by atoms with Crippen molar-refractivity contribution in [2.24, 2.45) is 0 Å². The maximum Gasteiger partial charge on any atom is 0.262 e. The molecule has 0 atom stereocenters. The van der Waals surface area contributed by atoms with Gasteiger partial charge in [0.05, 0.1) is 18.4 Å². The Hall–Kier alpha value is -3.45. The molecule has 0 aliphatic carbocycles. The molecule has 4 aromatic rings. The first-order chi connectivity index (χ1) is 14.7. The van der Waals surface area contributed by atoms with Gasteiger partial charge in [0.25, 0.3) is 5.56 Å². The molecule has 0 unspecified atom stereocenters. The van der Waals surface area contributed by atoms with Gasteiger partial charge in [0.1, 0.15) is 11.2 Å². The first-order valence-electron chi connectivity index (χ1n) is 10.2. The number of aryl methyl sites for hydroxylation is 1. The Morgan fingerprint density at radius 2 is 1.73 bits per heavy atom. The largest absolute Gasteiger partial charge is 0.369 e. The van der Waals surface area contributed by atoms with Crippen molar-refractivity contribution in [2.45, 2.75) is 13.5 Å². The molecule has 0 bridgehead atoms. The van der Waals surface area contributed by atoms with Gasteiger partial charge >= 0.3 is 0 Å². The molecule has 2 aromatic heterocycles. The first kappa shape index (κ1) is 18.6. The van der Waals surface area contributed by atoms with Crippen LogP contribution in [0.1, 0.15) is 11.4 Å². The molecule has 3 heterocycles. The van der Waals surface area contributed by atoms with E-state index in [1.165, 1.54) is 11.3 Å². The summed E-state index contributed by atoms with van der Waals surface area (Å²) < 4.78 is 1.73. The minimum Gasteiger partial charge on any atom is -0.369 e. The van der Waals surface area contributed by atoms with E-state index in [4.69, 9.17) is 4.98 Å². The van der Waals surface area contributed by atoms with Gasteiger partial charge in [-0.3, -0.25) is 9.69 Å². The third kappa shape index (κ3) is 3.59. The fourth-order valence-corrected chi connectivity index (χ4v) is 4.00. The summed E-state index contributed by atoms with van der Waals surface area (Å²) in [6, 6.07) is 18.4. The zero-order chi connectivity index (χ0) is 20.5. The molecule has 1 aliphatic heterocycles. The van der Waals surface area contributed by atoms with Gasteiger partial charge < -0.3 is 9.88 Å². The van der Waals surface area contributed by atoms with Crippen molar-refractivity contribution in [2.75, 3.05) is 31.1 Å². The molecule has 1 fully saturated rings. The van der Waals surface area contributed by atoms with Crippen molar-refractivity contribution in [3.05, 3.63) is 82.5 Å². The number of anilines is 1. The quantitative estimate of drug-likeness (QED) is 0.570. The topological polar surface area (TPSA) is 70.1 Å². The van der Waals surface area contributed by atoms with E-state index < -0.39 is 0 Å². The van der Waals surface area contributed by atoms with E-state index in [-0.39, 0.29) is 5.56 Å². The predicted molar refractivity (Wildman–Crippen MR) is 118 cm³/mol. The third-order valence-electron chi connectivity index (χ3n) is 5.60. The molecule has 7 heteroatoms. The van der Waals surface area contributed by atoms with Crippen molar-refractivity contribution in [1.82, 2.24) is 24.6 Å². The number of aromatic nitrogens is 4. The zero-order valence-corrected chi connectivity index (χ0v) is 17.0. The van der Waals surface area contributed by atoms with Gasteiger partial charge in [0, 0.05) is 31.9 Å². The fourth-order valence-electron chi connectivity index (χ4n) is 4.00. The molecule has 0 saturated carbocycles. The van der Waals surface area contributed by atoms with Crippen LogP contribution in [0.25, 0.3) is 16.7 Å². The zero-order valence-electron chi connectivity index (χ0n) is 17.0. The minimum absolute atomic E-state index is 0.143. The Labute approximate surface area is 174 Å². The Morgan fingerprint density at radius 1 is 0.967 bits per heavy atom. The van der Waals surface area contributed by atoms with Crippen molar-refractivity contribution in [3.63, 3.8) is 0 Å². The monoisotopic (exact) mass is 400 g/mol. The predicted octanol–water partition coefficient (Wildman–Crippen LogP) is 2.74. The van der Waals surface area contributed by atoms with Crippen LogP contribution in [0.3, 0.4) is 0 Å². The second kappa shape index (κ2) is 7.76. The van der Waals surface area contributed by atoms with Crippen molar-refractivity contribution >= 4 is 16.7 Å². The molecule has 1 aliphatic rings. The lowest BCUT2D eigenvalue weighted by Crippen LogP contribution is -2.46. The summed E-state index contributed by atoms with van der Waals surface area (Å²) in [6.45, 7) is 6.50. The van der Waals surface area contributed by atoms with Crippen LogP contribution in [0.5, 0.6) is 0 Å². The summed E-state index contributed by atoms with van der Waals surface area (Å²) in [4.78, 5) is 25.0. The molecule has 0 amide bonds. The van der Waals surface area contributed by atoms with Gasteiger partial charge in [-0.2, -0.15) is 5.10 Å². The molecular formula is C23H24N6O. The number of fused-ring (bicyclic) bond motifs is 1. The number of H-pyrrole nitrogens is 1. The van der Waals surface area contributed by atoms with Crippen molar-refractivity contribution < 1.29 is 0 Å². The molecule has 2 aromatic carbocycles. The van der Waals surface area contributed by atoms with Crippen LogP contribution in [-0.4, -0.2) is 50.8 Å². The number of para-hydroxylation sites is 1. The molecule has 30 heavy (non-hydrogen) atoms. The highest BCUT2D eigenvalue weighted by Gasteiger charge is 2.19. The maximum absolute atomic E-state index is 12.6. The second-order valence-electron chi connectivity index (χ2n) is 7.74. The van der Waals surface area contributed by atoms with Crippen molar-refractivity contribution in [3.8, 4) is 5.69 Å². The van der Waals surface area contributed by atoms with E-state index in [0.29, 0.717) is 23.4 Å². The lowest BCUT2D eigenvalue weighted by atomic mass is 10.2. The lowest BCUT2D eigenvalue weighted by molar-refractivity contribution is 0.244. The van der Waals surface area contributed by atoms with Crippen LogP contribution < -0.4 is 10.5 Å². The highest BCUT2D eigenvalue weighted by atomic mass is 16.1. The van der Waals surface area contributed by atoms with Crippen LogP contribution in [0.4, 0.5) is 5.69 Å². The number of piperazine rings is 1. The van der Waals surface area contributed by atoms with E-state index >= 15 is 0 Å². The average molecular weight is 400 g/mol. The highest BCUT2D eigenvalue weighted by molar-refractivity contribution is 5.75. The summed E-state index contributed by atoms with van der Waals surface area (Å²) in [5, 5.41) is 4.89. The van der Waals surface area contributed by atoms with Gasteiger partial charge in [-0.1, -0.05) is 30.3 Å². The summed E-state index contributed by atoms with van der Waals surface area (Å²) in [5.74, 6) is 0.675. The second-order valence-corrected chi connectivity index (χ2v) is 7.74. The van der Waals surface area contributed by atoms with E-state index in [9.17, 15) is 4.79 Å². The third-order valence-corrected chi connectivity index (χ3v) is 5.60. The summed E-state index contributed by atoms with van der Waals surface area (Å²) in [7, 11) is 0. The Kier molecular flexibility index (Phi) is 4.80. The number of rotatable bonds is 4. The molecule has 152 valence electrons. The van der Waals surface area contributed by atoms with Gasteiger partial charge in [-0.15, -0.1) is 0 Å². The fraction of sp³-hybridized carbons (Fsp3) is 0.261. The highest BCUT2D eigenvalue weighted by Crippen LogP contribution is 2.19. The number of benzene rings is 2. The normalized spacial score (nSPS) is 15.0. The van der Waals surface area contributed by atoms with Gasteiger partial charge in [0.15, 0.2) is 5.65 Å². The van der Waals surface area contributed by atoms with E-state index in [0.717, 1.165) is 31.9 Å². The Bertz CT molecular complexity index is 1220. The number of nitrogens with one attached hydrogen (secondary N) is 1. The molecule has 5 rings (SSSR count). The number of hydrogen-bond acceptors (Lipinski definition) is 5. The number of nitrogens with zero attached hydrogens (tertiary/aromatic N) is 5. The smallest absolute Gasteiger partial charge is 0.262 e. The molecular weight excluding hydrogens is 376 g/mol. The molecule has 0 radical (unpaired) electrons. The minimum atomic E-state index is -0.143. The summed E-state index contributed by atoms with van der Waals surface area (Å²) >= 11 is 0. The Morgan fingerprint density at radius 3 is 2.50 bits per heavy atom. The van der Waals surface area contributed by atoms with Crippen LogP contribution in [0.2, 0.25) is 0 Å². The number of hydrogen-bond donors (Lipinski definition) is 1. The van der Waals surface area contributed by atoms with Gasteiger partial charge in [0.2, 0.25) is 0 Å². The SMILES string of the molecule is Cc1cccc(N2CCN(Cc3nc4c(cnn4-c4ccccc4)c(=O)[nH]3)CC2)c1. The number of aromatic amines is 1. The molecule has 0 spiro atoms. The summed E-state index contributed by atoms with van der Waals surface area (Å²) in [5.41, 5.74) is 3.90. The van der Waals surface area contributed by atoms with Crippen LogP contribution >= 0.6 is 0 Å². The van der Waals surface area contributed by atoms with Crippen LogP contribution in [0.15, 0.2) is 65.6 Å². The van der Waals surface area contributed by atoms with Gasteiger partial charge in [-0.25, -0.2) is 9.67 Å². The van der Waals surface area contributed by atoms with Crippen molar-refractivity contribution in [1.29, 1.82) is 0 Å². The van der Waals surface area contributed by atoms with E-state index in [1.54, 1.807) is 10.9 Å². The summed E-state index contributed by atoms with van der Waals surface area (Å²) in [6.07, 6.45) is 1.58. The molecule has 1 N–H and O–H groups in total. The van der Waals surface area contributed by atoms with Gasteiger partial charge in [-0.05, 0) is 36.8 Å². The van der Waals surface area contributed by atoms with E-state index in [2.05, 4.69) is 51.1 Å².